The molecule has 0 aromatic heterocycles. The van der Waals surface area contributed by atoms with Gasteiger partial charge >= 0.3 is 5.97 Å². The summed E-state index contributed by atoms with van der Waals surface area (Å²) in [5, 5.41) is 9.40. The Bertz CT molecular complexity index is 732. The van der Waals surface area contributed by atoms with Crippen molar-refractivity contribution in [2.45, 2.75) is 25.8 Å². The van der Waals surface area contributed by atoms with Gasteiger partial charge in [0.2, 0.25) is 0 Å². The van der Waals surface area contributed by atoms with E-state index in [1.54, 1.807) is 31.4 Å². The van der Waals surface area contributed by atoms with E-state index in [1.807, 2.05) is 6.92 Å². The number of carboxylic acids is 1. The zero-order chi connectivity index (χ0) is 18.6. The summed E-state index contributed by atoms with van der Waals surface area (Å²) in [5.74, 6) is -0.265. The third-order valence-corrected chi connectivity index (χ3v) is 5.04. The van der Waals surface area contributed by atoms with Gasteiger partial charge in [0.1, 0.15) is 21.9 Å². The van der Waals surface area contributed by atoms with Gasteiger partial charge in [0, 0.05) is 11.6 Å². The highest BCUT2D eigenvalue weighted by Gasteiger charge is 2.40. The van der Waals surface area contributed by atoms with Gasteiger partial charge in [-0.15, -0.1) is 0 Å². The number of thiocarbonyl (C=S) groups is 1. The van der Waals surface area contributed by atoms with Crippen LogP contribution < -0.4 is 9.47 Å². The van der Waals surface area contributed by atoms with E-state index in [-0.39, 0.29) is 4.32 Å². The molecule has 0 saturated carbocycles. The number of nitrogens with zero attached hydrogens (tertiary/aromatic N) is 1. The minimum atomic E-state index is -1.05. The molecule has 1 unspecified atom stereocenters. The number of carbonyl (C=O) groups is 2. The highest BCUT2D eigenvalue weighted by atomic mass is 32.2. The van der Waals surface area contributed by atoms with Crippen LogP contribution in [0.25, 0.3) is 6.08 Å². The van der Waals surface area contributed by atoms with Gasteiger partial charge in [-0.25, -0.2) is 4.79 Å². The molecule has 8 heteroatoms. The average molecular weight is 381 g/mol. The maximum Gasteiger partial charge on any atom is 0.326 e. The molecule has 0 spiro atoms. The fraction of sp³-hybridized carbons (Fsp3) is 0.353. The maximum atomic E-state index is 12.7. The van der Waals surface area contributed by atoms with Gasteiger partial charge in [0.05, 0.1) is 19.1 Å². The SMILES string of the molecule is CCCC(C(=O)O)N1C(=O)C(=Cc2ccc(OC)cc2OC)SC1=S. The molecule has 1 aromatic carbocycles. The van der Waals surface area contributed by atoms with Gasteiger partial charge in [-0.1, -0.05) is 37.3 Å². The molecule has 0 radical (unpaired) electrons. The van der Waals surface area contributed by atoms with E-state index in [4.69, 9.17) is 21.7 Å². The highest BCUT2D eigenvalue weighted by molar-refractivity contribution is 8.26. The summed E-state index contributed by atoms with van der Waals surface area (Å²) in [4.78, 5) is 25.7. The standard InChI is InChI=1S/C17H19NO5S2/c1-4-5-12(16(20)21)18-15(19)14(25-17(18)24)8-10-6-7-11(22-2)9-13(10)23-3/h6-9,12H,4-5H2,1-3H3,(H,20,21). The van der Waals surface area contributed by atoms with E-state index in [2.05, 4.69) is 0 Å². The van der Waals surface area contributed by atoms with Gasteiger partial charge in [-0.05, 0) is 24.6 Å². The van der Waals surface area contributed by atoms with Gasteiger partial charge in [-0.3, -0.25) is 9.69 Å². The summed E-state index contributed by atoms with van der Waals surface area (Å²) >= 11 is 6.33. The van der Waals surface area contributed by atoms with Gasteiger partial charge in [-0.2, -0.15) is 0 Å². The summed E-state index contributed by atoms with van der Waals surface area (Å²) in [5.41, 5.74) is 0.686. The number of amides is 1. The maximum absolute atomic E-state index is 12.7. The number of carbonyl (C=O) groups excluding carboxylic acids is 1. The second kappa shape index (κ2) is 8.35. The molecule has 6 nitrogen and oxygen atoms in total. The lowest BCUT2D eigenvalue weighted by molar-refractivity contribution is -0.145. The van der Waals surface area contributed by atoms with E-state index in [0.717, 1.165) is 11.8 Å². The molecule has 1 atom stereocenters. The number of thioether (sulfide) groups is 1. The zero-order valence-corrected chi connectivity index (χ0v) is 15.8. The smallest absolute Gasteiger partial charge is 0.326 e. The second-order valence-electron chi connectivity index (χ2n) is 5.30. The Balaban J connectivity index is 2.36. The van der Waals surface area contributed by atoms with Crippen LogP contribution in [0.3, 0.4) is 0 Å². The number of benzene rings is 1. The zero-order valence-electron chi connectivity index (χ0n) is 14.1. The minimum absolute atomic E-state index is 0.254. The van der Waals surface area contributed by atoms with Crippen molar-refractivity contribution in [2.75, 3.05) is 14.2 Å². The number of aliphatic carboxylic acids is 1. The normalized spacial score (nSPS) is 17.1. The molecule has 1 aliphatic rings. The summed E-state index contributed by atoms with van der Waals surface area (Å²) in [6, 6.07) is 4.29. The summed E-state index contributed by atoms with van der Waals surface area (Å²) in [6.45, 7) is 1.87. The van der Waals surface area contributed by atoms with Crippen LogP contribution in [-0.2, 0) is 9.59 Å². The van der Waals surface area contributed by atoms with E-state index >= 15 is 0 Å². The van der Waals surface area contributed by atoms with E-state index in [0.29, 0.717) is 34.8 Å². The van der Waals surface area contributed by atoms with Crippen LogP contribution in [-0.4, -0.2) is 46.5 Å². The van der Waals surface area contributed by atoms with Crippen molar-refractivity contribution in [3.05, 3.63) is 28.7 Å². The van der Waals surface area contributed by atoms with Crippen molar-refractivity contribution in [1.29, 1.82) is 0 Å². The number of hydrogen-bond donors (Lipinski definition) is 1. The molecule has 1 amide bonds. The molecule has 1 aliphatic heterocycles. The first-order valence-electron chi connectivity index (χ1n) is 7.64. The Kier molecular flexibility index (Phi) is 6.44. The Morgan fingerprint density at radius 1 is 1.40 bits per heavy atom. The van der Waals surface area contributed by atoms with Crippen molar-refractivity contribution in [3.8, 4) is 11.5 Å². The van der Waals surface area contributed by atoms with Crippen LogP contribution in [0.2, 0.25) is 0 Å². The number of carboxylic acid groups (broad SMARTS) is 1. The first kappa shape index (κ1) is 19.3. The fourth-order valence-electron chi connectivity index (χ4n) is 2.46. The largest absolute Gasteiger partial charge is 0.497 e. The number of hydrogen-bond acceptors (Lipinski definition) is 6. The first-order valence-corrected chi connectivity index (χ1v) is 8.87. The lowest BCUT2D eigenvalue weighted by Crippen LogP contribution is -2.43. The molecule has 0 bridgehead atoms. The molecule has 0 aliphatic carbocycles. The summed E-state index contributed by atoms with van der Waals surface area (Å²) < 4.78 is 10.7. The first-order chi connectivity index (χ1) is 11.9. The Labute approximate surface area is 155 Å². The molecular weight excluding hydrogens is 362 g/mol. The lowest BCUT2D eigenvalue weighted by Gasteiger charge is -2.22. The number of rotatable bonds is 7. The van der Waals surface area contributed by atoms with Gasteiger partial charge in [0.15, 0.2) is 0 Å². The van der Waals surface area contributed by atoms with Crippen LogP contribution in [0.5, 0.6) is 11.5 Å². The lowest BCUT2D eigenvalue weighted by atomic mass is 10.1. The Hall–Kier alpha value is -2.06. The number of methoxy groups -OCH3 is 2. The average Bonchev–Trinajstić information content (AvgIpc) is 2.86. The molecular formula is C17H19NO5S2. The van der Waals surface area contributed by atoms with Crippen molar-refractivity contribution in [2.24, 2.45) is 0 Å². The molecule has 2 rings (SSSR count). The summed E-state index contributed by atoms with van der Waals surface area (Å²) in [7, 11) is 3.08. The Morgan fingerprint density at radius 3 is 2.68 bits per heavy atom. The molecule has 1 fully saturated rings. The molecule has 1 N–H and O–H groups in total. The third kappa shape index (κ3) is 4.13. The molecule has 25 heavy (non-hydrogen) atoms. The van der Waals surface area contributed by atoms with Gasteiger partial charge in [0.25, 0.3) is 5.91 Å². The highest BCUT2D eigenvalue weighted by Crippen LogP contribution is 2.36. The minimum Gasteiger partial charge on any atom is -0.497 e. The van der Waals surface area contributed by atoms with Crippen molar-refractivity contribution in [1.82, 2.24) is 4.90 Å². The van der Waals surface area contributed by atoms with Crippen molar-refractivity contribution < 1.29 is 24.2 Å². The van der Waals surface area contributed by atoms with E-state index in [1.165, 1.54) is 12.0 Å². The van der Waals surface area contributed by atoms with Crippen LogP contribution in [0.15, 0.2) is 23.1 Å². The predicted octanol–water partition coefficient (Wildman–Crippen LogP) is 3.16. The quantitative estimate of drug-likeness (QED) is 0.574. The third-order valence-electron chi connectivity index (χ3n) is 3.71. The molecule has 134 valence electrons. The van der Waals surface area contributed by atoms with Crippen LogP contribution in [0.1, 0.15) is 25.3 Å². The summed E-state index contributed by atoms with van der Waals surface area (Å²) in [6.07, 6.45) is 2.64. The fourth-order valence-corrected chi connectivity index (χ4v) is 3.81. The van der Waals surface area contributed by atoms with E-state index < -0.39 is 17.9 Å². The molecule has 1 saturated heterocycles. The topological polar surface area (TPSA) is 76.1 Å². The number of ether oxygens (including phenoxy) is 2. The van der Waals surface area contributed by atoms with Crippen LogP contribution in [0.4, 0.5) is 0 Å². The van der Waals surface area contributed by atoms with E-state index in [9.17, 15) is 14.7 Å². The van der Waals surface area contributed by atoms with Crippen molar-refractivity contribution in [3.63, 3.8) is 0 Å². The Morgan fingerprint density at radius 2 is 2.12 bits per heavy atom. The molecule has 1 aromatic rings. The monoisotopic (exact) mass is 381 g/mol. The second-order valence-corrected chi connectivity index (χ2v) is 6.98. The van der Waals surface area contributed by atoms with Gasteiger partial charge < -0.3 is 14.6 Å². The van der Waals surface area contributed by atoms with Crippen LogP contribution >= 0.6 is 24.0 Å². The van der Waals surface area contributed by atoms with Crippen LogP contribution in [0, 0.1) is 0 Å². The molecule has 1 heterocycles. The van der Waals surface area contributed by atoms with Crippen molar-refractivity contribution >= 4 is 46.3 Å². The predicted molar refractivity (Wildman–Crippen MR) is 101 cm³/mol.